The van der Waals surface area contributed by atoms with Gasteiger partial charge in [0.15, 0.2) is 0 Å². The van der Waals surface area contributed by atoms with Gasteiger partial charge in [0.2, 0.25) is 5.69 Å². The van der Waals surface area contributed by atoms with E-state index in [-0.39, 0.29) is 0 Å². The van der Waals surface area contributed by atoms with Gasteiger partial charge >= 0.3 is 0 Å². The molecule has 0 amide bonds. The third-order valence-corrected chi connectivity index (χ3v) is 24.7. The summed E-state index contributed by atoms with van der Waals surface area (Å²) in [6.07, 6.45) is 0. The third kappa shape index (κ3) is 7.69. The molecule has 8 heteroatoms. The van der Waals surface area contributed by atoms with Gasteiger partial charge in [0.05, 0.1) is 82.9 Å². The van der Waals surface area contributed by atoms with E-state index >= 15 is 0 Å². The van der Waals surface area contributed by atoms with Gasteiger partial charge in [0, 0.05) is 74.0 Å². The zero-order chi connectivity index (χ0) is 68.2. The number of para-hydroxylation sites is 4. The van der Waals surface area contributed by atoms with Gasteiger partial charge in [0.25, 0.3) is 0 Å². The summed E-state index contributed by atoms with van der Waals surface area (Å²) in [6, 6.07) is 118. The molecule has 0 atom stereocenters. The molecule has 0 radical (unpaired) electrons. The van der Waals surface area contributed by atoms with E-state index in [1.165, 1.54) is 26.9 Å². The Morgan fingerprint density at radius 1 is 0.279 bits per heavy atom. The van der Waals surface area contributed by atoms with Gasteiger partial charge in [-0.1, -0.05) is 261 Å². The third-order valence-electron chi connectivity index (χ3n) is 22.4. The maximum atomic E-state index is 13.7. The Morgan fingerprint density at radius 3 is 1.23 bits per heavy atom. The second-order valence-corrected chi connectivity index (χ2v) is 29.6. The molecule has 6 nitrogen and oxygen atoms in total. The molecular weight excluding hydrogens is 1300 g/mol. The highest BCUT2D eigenvalue weighted by Gasteiger charge is 2.36. The lowest BCUT2D eigenvalue weighted by molar-refractivity contribution is 1.04. The van der Waals surface area contributed by atoms with Crippen molar-refractivity contribution in [3.8, 4) is 51.1 Å². The zero-order valence-electron chi connectivity index (χ0n) is 55.5. The summed E-state index contributed by atoms with van der Waals surface area (Å²) in [5.74, 6) is 0. The van der Waals surface area contributed by atoms with Crippen molar-refractivity contribution in [3.63, 3.8) is 0 Å². The molecule has 0 fully saturated rings. The molecule has 0 saturated heterocycles. The number of hydrogen-bond donors (Lipinski definition) is 0. The van der Waals surface area contributed by atoms with Crippen molar-refractivity contribution in [2.75, 3.05) is 0 Å². The van der Waals surface area contributed by atoms with Crippen molar-refractivity contribution in [1.29, 1.82) is 5.26 Å². The molecule has 0 saturated carbocycles. The summed E-state index contributed by atoms with van der Waals surface area (Å²) in [6.45, 7) is 10.7. The maximum Gasteiger partial charge on any atom is 0.238 e. The van der Waals surface area contributed by atoms with Gasteiger partial charge in [-0.05, 0) is 120 Å². The number of fused-ring (bicyclic) bond motifs is 26. The minimum Gasteiger partial charge on any atom is -0.317 e. The Balaban J connectivity index is 0.989. The first kappa shape index (κ1) is 57.2. The Hall–Kier alpha value is -13.6. The average Bonchev–Trinajstić information content (AvgIpc) is 1.49. The van der Waals surface area contributed by atoms with Gasteiger partial charge in [-0.3, -0.25) is 0 Å². The highest BCUT2D eigenvalue weighted by molar-refractivity contribution is 7.27. The van der Waals surface area contributed by atoms with Crippen LogP contribution >= 0.6 is 22.7 Å². The lowest BCUT2D eigenvalue weighted by Crippen LogP contribution is -2.14. The van der Waals surface area contributed by atoms with E-state index in [0.29, 0.717) is 34.0 Å². The predicted molar refractivity (Wildman–Crippen MR) is 441 cm³/mol. The van der Waals surface area contributed by atoms with Crippen molar-refractivity contribution in [2.45, 2.75) is 0 Å². The molecule has 0 aliphatic heterocycles. The first-order chi connectivity index (χ1) is 51.6. The number of benzene rings is 17. The quantitative estimate of drug-likeness (QED) is 0.121. The van der Waals surface area contributed by atoms with Crippen LogP contribution in [0.4, 0.5) is 5.69 Å². The first-order valence-electron chi connectivity index (χ1n) is 35.1. The van der Waals surface area contributed by atoms with E-state index in [0.717, 1.165) is 166 Å². The van der Waals surface area contributed by atoms with E-state index in [9.17, 15) is 11.8 Å². The second-order valence-electron chi connectivity index (χ2n) is 27.5. The molecule has 0 aliphatic carbocycles. The van der Waals surface area contributed by atoms with Crippen LogP contribution in [0.25, 0.3) is 221 Å². The van der Waals surface area contributed by atoms with Crippen LogP contribution in [0.1, 0.15) is 5.56 Å². The van der Waals surface area contributed by atoms with E-state index in [1.807, 2.05) is 0 Å². The number of hydrogen-bond acceptors (Lipinski definition) is 3. The molecule has 23 rings (SSSR count). The van der Waals surface area contributed by atoms with Crippen LogP contribution in [0, 0.1) is 17.9 Å². The van der Waals surface area contributed by atoms with Gasteiger partial charge in [0.1, 0.15) is 11.6 Å². The molecule has 17 aromatic carbocycles. The normalized spacial score (nSPS) is 12.2. The summed E-state index contributed by atoms with van der Waals surface area (Å²) < 4.78 is 14.0. The van der Waals surface area contributed by atoms with Crippen molar-refractivity contribution >= 4 is 199 Å². The zero-order valence-corrected chi connectivity index (χ0v) is 57.2. The van der Waals surface area contributed by atoms with Crippen LogP contribution < -0.4 is 0 Å². The highest BCUT2D eigenvalue weighted by atomic mass is 32.1. The highest BCUT2D eigenvalue weighted by Crippen LogP contribution is 2.55. The van der Waals surface area contributed by atoms with Gasteiger partial charge in [-0.25, -0.2) is 4.85 Å². The lowest BCUT2D eigenvalue weighted by Gasteiger charge is -2.27. The number of nitriles is 1. The molecule has 0 N–H and O–H groups in total. The monoisotopic (exact) mass is 1350 g/mol. The lowest BCUT2D eigenvalue weighted by atomic mass is 9.93. The van der Waals surface area contributed by atoms with Gasteiger partial charge in [-0.15, -0.1) is 22.7 Å². The summed E-state index contributed by atoms with van der Waals surface area (Å²) in [7, 11) is 0. The molecule has 6 heterocycles. The Morgan fingerprint density at radius 2 is 0.673 bits per heavy atom. The van der Waals surface area contributed by atoms with Crippen molar-refractivity contribution in [1.82, 2.24) is 18.3 Å². The Labute approximate surface area is 601 Å². The number of aromatic nitrogens is 4. The largest absolute Gasteiger partial charge is 0.317 e. The fourth-order valence-electron chi connectivity index (χ4n) is 18.0. The van der Waals surface area contributed by atoms with Crippen molar-refractivity contribution < 1.29 is 0 Å². The standard InChI is InChI=1S/C96H52N6S2/c1-98-88-93(100-81-37-16-10-30-67(81)68-31-11-17-38-82(68)100)90(101-83-53-59(77-51-57-22-3-4-24-60(57)63-26-6-7-27-64(63)77)44-46-69(83)73-47-49-75-71-32-12-18-39-85(71)103-95(75)91(73)101)78(54-97)89(99-79-35-14-8-28-65(79)66-29-9-15-36-80(66)99)94(88)102-84-52-58(62-34-20-23-56-42-41-55-21-2-5-25-61(55)87(56)62)43-45-70(84)74-48-50-76-72-33-13-19-40-86(72)104-96(76)92(74)102/h2-53H. The topological polar surface area (TPSA) is 47.9 Å². The summed E-state index contributed by atoms with van der Waals surface area (Å²) >= 11 is 3.57. The van der Waals surface area contributed by atoms with E-state index < -0.39 is 0 Å². The summed E-state index contributed by atoms with van der Waals surface area (Å²) in [5, 5.41) is 35.9. The minimum atomic E-state index is 0.385. The first-order valence-corrected chi connectivity index (χ1v) is 36.8. The number of nitrogens with zero attached hydrogens (tertiary/aromatic N) is 6. The average molecular weight is 1350 g/mol. The predicted octanol–water partition coefficient (Wildman–Crippen LogP) is 27.2. The molecule has 0 aliphatic rings. The van der Waals surface area contributed by atoms with Crippen molar-refractivity contribution in [2.24, 2.45) is 0 Å². The molecule has 478 valence electrons. The molecule has 23 aromatic rings. The van der Waals surface area contributed by atoms with Gasteiger partial charge in [-0.2, -0.15) is 5.26 Å². The van der Waals surface area contributed by atoms with Crippen LogP contribution in [-0.4, -0.2) is 18.3 Å². The van der Waals surface area contributed by atoms with Crippen LogP contribution in [0.5, 0.6) is 0 Å². The van der Waals surface area contributed by atoms with Crippen LogP contribution in [0.15, 0.2) is 315 Å². The van der Waals surface area contributed by atoms with E-state index in [2.05, 4.69) is 340 Å². The Bertz CT molecular complexity index is 7440. The molecule has 104 heavy (non-hydrogen) atoms. The van der Waals surface area contributed by atoms with Crippen LogP contribution in [0.3, 0.4) is 0 Å². The molecule has 0 spiro atoms. The Kier molecular flexibility index (Phi) is 11.8. The van der Waals surface area contributed by atoms with Crippen LogP contribution in [0.2, 0.25) is 0 Å². The summed E-state index contributed by atoms with van der Waals surface area (Å²) in [5.41, 5.74) is 14.9. The SMILES string of the molecule is [C-]#[N+]c1c(-n2c3ccccc3c3ccccc32)c(-n2c3cc(-c4cc5ccccc5c5ccccc45)ccc3c3ccc4c5ccccc5sc4c32)c(C#N)c(-n2c3ccccc3c3ccccc32)c1-n1c2cc(-c3cccc4ccc5ccccc5c34)ccc2c2ccc3c4ccccc4sc3c21. The van der Waals surface area contributed by atoms with E-state index in [1.54, 1.807) is 22.7 Å². The van der Waals surface area contributed by atoms with Crippen LogP contribution in [-0.2, 0) is 0 Å². The van der Waals surface area contributed by atoms with Gasteiger partial charge < -0.3 is 18.3 Å². The van der Waals surface area contributed by atoms with E-state index in [4.69, 9.17) is 4.85 Å². The second kappa shape index (κ2) is 21.5. The summed E-state index contributed by atoms with van der Waals surface area (Å²) in [4.78, 5) is 5.23. The maximum absolute atomic E-state index is 13.7. The number of thiophene rings is 2. The smallest absolute Gasteiger partial charge is 0.238 e. The molecule has 0 bridgehead atoms. The molecule has 0 unspecified atom stereocenters. The fourth-order valence-corrected chi connectivity index (χ4v) is 20.5. The number of rotatable bonds is 6. The minimum absolute atomic E-state index is 0.385. The molecule has 6 aromatic heterocycles. The fraction of sp³-hybridized carbons (Fsp3) is 0. The van der Waals surface area contributed by atoms with Crippen molar-refractivity contribution in [3.05, 3.63) is 332 Å². The molecular formula is C96H52N6S2.